The molecule has 1 amide bonds. The van der Waals surface area contributed by atoms with Crippen molar-refractivity contribution < 1.29 is 13.2 Å². The molecule has 4 rings (SSSR count). The summed E-state index contributed by atoms with van der Waals surface area (Å²) in [5, 5.41) is 0. The number of imidazole rings is 1. The van der Waals surface area contributed by atoms with E-state index < -0.39 is 10.0 Å². The quantitative estimate of drug-likeness (QED) is 0.659. The van der Waals surface area contributed by atoms with Gasteiger partial charge in [0, 0.05) is 44.1 Å². The molecule has 0 unspecified atom stereocenters. The number of nitrogens with zero attached hydrogens (tertiary/aromatic N) is 3. The topological polar surface area (TPSA) is 84.3 Å². The van der Waals surface area contributed by atoms with Gasteiger partial charge in [-0.25, -0.2) is 18.1 Å². The zero-order chi connectivity index (χ0) is 21.3. The van der Waals surface area contributed by atoms with E-state index in [4.69, 9.17) is 0 Å². The van der Waals surface area contributed by atoms with E-state index in [1.54, 1.807) is 35.6 Å². The Labute approximate surface area is 176 Å². The second-order valence-corrected chi connectivity index (χ2v) is 9.38. The summed E-state index contributed by atoms with van der Waals surface area (Å²) >= 11 is 0. The molecule has 0 radical (unpaired) electrons. The number of aromatic nitrogens is 2. The third-order valence-corrected chi connectivity index (χ3v) is 6.73. The molecule has 1 atom stereocenters. The van der Waals surface area contributed by atoms with Crippen LogP contribution in [0.25, 0.3) is 0 Å². The van der Waals surface area contributed by atoms with Crippen LogP contribution in [0.1, 0.15) is 30.5 Å². The van der Waals surface area contributed by atoms with Gasteiger partial charge in [0.15, 0.2) is 0 Å². The maximum atomic E-state index is 12.8. The summed E-state index contributed by atoms with van der Waals surface area (Å²) in [6, 6.07) is 12.8. The van der Waals surface area contributed by atoms with Crippen LogP contribution in [0.2, 0.25) is 0 Å². The molecule has 7 nitrogen and oxygen atoms in total. The molecule has 0 saturated carbocycles. The van der Waals surface area contributed by atoms with Crippen LogP contribution in [0.4, 0.5) is 5.69 Å². The number of fused-ring (bicyclic) bond motifs is 1. The van der Waals surface area contributed by atoms with E-state index in [2.05, 4.69) is 9.71 Å². The average Bonchev–Trinajstić information content (AvgIpc) is 3.33. The van der Waals surface area contributed by atoms with Crippen LogP contribution in [0.5, 0.6) is 0 Å². The molecule has 30 heavy (non-hydrogen) atoms. The monoisotopic (exact) mass is 424 g/mol. The highest BCUT2D eigenvalue weighted by Gasteiger charge is 2.30. The SMILES string of the molecule is CC(=O)N1c2ccc(S(=O)(=O)NCc3ccc(Cn4ccnc4)cc3)cc2C[C@@H]1C. The number of hydrogen-bond acceptors (Lipinski definition) is 4. The number of sulfonamides is 1. The molecule has 0 saturated heterocycles. The second kappa shape index (κ2) is 8.04. The molecule has 3 aromatic rings. The Bertz CT molecular complexity index is 1160. The Morgan fingerprint density at radius 2 is 1.90 bits per heavy atom. The van der Waals surface area contributed by atoms with Gasteiger partial charge in [0.2, 0.25) is 15.9 Å². The Hall–Kier alpha value is -2.97. The van der Waals surface area contributed by atoms with Crippen LogP contribution < -0.4 is 9.62 Å². The second-order valence-electron chi connectivity index (χ2n) is 7.61. The van der Waals surface area contributed by atoms with Gasteiger partial charge in [-0.3, -0.25) is 4.79 Å². The number of hydrogen-bond donors (Lipinski definition) is 1. The lowest BCUT2D eigenvalue weighted by Gasteiger charge is -2.20. The van der Waals surface area contributed by atoms with Crippen LogP contribution in [0, 0.1) is 0 Å². The lowest BCUT2D eigenvalue weighted by Crippen LogP contribution is -2.33. The number of carbonyl (C=O) groups is 1. The van der Waals surface area contributed by atoms with E-state index >= 15 is 0 Å². The zero-order valence-electron chi connectivity index (χ0n) is 16.9. The first-order chi connectivity index (χ1) is 14.3. The van der Waals surface area contributed by atoms with Crippen molar-refractivity contribution in [2.24, 2.45) is 0 Å². The van der Waals surface area contributed by atoms with Gasteiger partial charge in [-0.05, 0) is 48.2 Å². The van der Waals surface area contributed by atoms with Gasteiger partial charge < -0.3 is 9.47 Å². The van der Waals surface area contributed by atoms with Crippen LogP contribution in [-0.4, -0.2) is 29.9 Å². The number of benzene rings is 2. The van der Waals surface area contributed by atoms with Crippen LogP contribution in [0.3, 0.4) is 0 Å². The third kappa shape index (κ3) is 4.15. The van der Waals surface area contributed by atoms with Crippen molar-refractivity contribution in [2.75, 3.05) is 4.90 Å². The highest BCUT2D eigenvalue weighted by atomic mass is 32.2. The average molecular weight is 425 g/mol. The molecule has 1 aliphatic rings. The summed E-state index contributed by atoms with van der Waals surface area (Å²) in [7, 11) is -3.65. The standard InChI is InChI=1S/C22H24N4O3S/c1-16-11-20-12-21(7-8-22(20)26(16)17(2)27)30(28,29)24-13-18-3-5-19(6-4-18)14-25-10-9-23-15-25/h3-10,12,15-16,24H,11,13-14H2,1-2H3/t16-/m0/s1. The van der Waals surface area contributed by atoms with Gasteiger partial charge in [-0.15, -0.1) is 0 Å². The first-order valence-corrected chi connectivity index (χ1v) is 11.3. The van der Waals surface area contributed by atoms with E-state index in [-0.39, 0.29) is 23.4 Å². The molecule has 156 valence electrons. The van der Waals surface area contributed by atoms with E-state index in [1.807, 2.05) is 42.0 Å². The molecule has 1 aromatic heterocycles. The van der Waals surface area contributed by atoms with Crippen molar-refractivity contribution in [1.82, 2.24) is 14.3 Å². The predicted molar refractivity (Wildman–Crippen MR) is 115 cm³/mol. The van der Waals surface area contributed by atoms with E-state index in [0.717, 1.165) is 28.9 Å². The largest absolute Gasteiger partial charge is 0.333 e. The zero-order valence-corrected chi connectivity index (χ0v) is 17.8. The molecule has 1 aliphatic heterocycles. The summed E-state index contributed by atoms with van der Waals surface area (Å²) in [5.74, 6) is -0.0357. The summed E-state index contributed by atoms with van der Waals surface area (Å²) in [5.41, 5.74) is 3.67. The minimum Gasteiger partial charge on any atom is -0.333 e. The van der Waals surface area contributed by atoms with Crippen molar-refractivity contribution in [2.45, 2.75) is 44.3 Å². The van der Waals surface area contributed by atoms with Crippen LogP contribution >= 0.6 is 0 Å². The normalized spacial score (nSPS) is 15.9. The Morgan fingerprint density at radius 1 is 1.17 bits per heavy atom. The fourth-order valence-electron chi connectivity index (χ4n) is 3.87. The Kier molecular flexibility index (Phi) is 5.44. The van der Waals surface area contributed by atoms with E-state index in [1.165, 1.54) is 6.92 Å². The number of anilines is 1. The van der Waals surface area contributed by atoms with E-state index in [9.17, 15) is 13.2 Å². The summed E-state index contributed by atoms with van der Waals surface area (Å²) in [6.07, 6.45) is 6.04. The molecule has 2 aromatic carbocycles. The summed E-state index contributed by atoms with van der Waals surface area (Å²) < 4.78 is 30.2. The molecular formula is C22H24N4O3S. The van der Waals surface area contributed by atoms with Gasteiger partial charge >= 0.3 is 0 Å². The van der Waals surface area contributed by atoms with Crippen molar-refractivity contribution in [1.29, 1.82) is 0 Å². The summed E-state index contributed by atoms with van der Waals surface area (Å²) in [6.45, 7) is 4.42. The highest BCUT2D eigenvalue weighted by Crippen LogP contribution is 2.33. The molecule has 0 bridgehead atoms. The minimum absolute atomic E-state index is 0.0317. The van der Waals surface area contributed by atoms with Gasteiger partial charge in [0.25, 0.3) is 0 Å². The molecule has 1 N–H and O–H groups in total. The minimum atomic E-state index is -3.65. The predicted octanol–water partition coefficient (Wildman–Crippen LogP) is 2.71. The van der Waals surface area contributed by atoms with Gasteiger partial charge in [-0.1, -0.05) is 24.3 Å². The Morgan fingerprint density at radius 3 is 2.57 bits per heavy atom. The van der Waals surface area contributed by atoms with E-state index in [0.29, 0.717) is 6.42 Å². The Balaban J connectivity index is 1.44. The molecular weight excluding hydrogens is 400 g/mol. The molecule has 0 spiro atoms. The van der Waals surface area contributed by atoms with Crippen molar-refractivity contribution in [3.8, 4) is 0 Å². The first-order valence-electron chi connectivity index (χ1n) is 9.79. The molecule has 8 heteroatoms. The molecule has 2 heterocycles. The first kappa shape index (κ1) is 20.3. The number of carbonyl (C=O) groups excluding carboxylic acids is 1. The van der Waals surface area contributed by atoms with Crippen LogP contribution in [-0.2, 0) is 34.3 Å². The van der Waals surface area contributed by atoms with Gasteiger partial charge in [0.1, 0.15) is 0 Å². The van der Waals surface area contributed by atoms with Crippen LogP contribution in [0.15, 0.2) is 66.1 Å². The van der Waals surface area contributed by atoms with Crippen molar-refractivity contribution >= 4 is 21.6 Å². The van der Waals surface area contributed by atoms with Gasteiger partial charge in [-0.2, -0.15) is 0 Å². The third-order valence-electron chi connectivity index (χ3n) is 5.33. The fourth-order valence-corrected chi connectivity index (χ4v) is 4.94. The lowest BCUT2D eigenvalue weighted by molar-refractivity contribution is -0.116. The van der Waals surface area contributed by atoms with Gasteiger partial charge in [0.05, 0.1) is 11.2 Å². The van der Waals surface area contributed by atoms with Crippen molar-refractivity contribution in [3.63, 3.8) is 0 Å². The number of nitrogens with one attached hydrogen (secondary N) is 1. The summed E-state index contributed by atoms with van der Waals surface area (Å²) in [4.78, 5) is 17.8. The van der Waals surface area contributed by atoms with Crippen molar-refractivity contribution in [3.05, 3.63) is 77.9 Å². The smallest absolute Gasteiger partial charge is 0.240 e. The number of amides is 1. The lowest BCUT2D eigenvalue weighted by atomic mass is 10.1. The fraction of sp³-hybridized carbons (Fsp3) is 0.273. The molecule has 0 aliphatic carbocycles. The molecule has 0 fully saturated rings. The number of rotatable bonds is 6. The highest BCUT2D eigenvalue weighted by molar-refractivity contribution is 7.89. The maximum absolute atomic E-state index is 12.8. The maximum Gasteiger partial charge on any atom is 0.240 e.